The van der Waals surface area contributed by atoms with Crippen molar-refractivity contribution in [2.24, 2.45) is 0 Å². The van der Waals surface area contributed by atoms with Crippen molar-refractivity contribution >= 4 is 17.9 Å². The summed E-state index contributed by atoms with van der Waals surface area (Å²) >= 11 is 0. The van der Waals surface area contributed by atoms with Gasteiger partial charge in [-0.3, -0.25) is 9.59 Å². The lowest BCUT2D eigenvalue weighted by atomic mass is 9.95. The number of hydrogen-bond donors (Lipinski definition) is 2. The molecule has 1 heterocycles. The maximum absolute atomic E-state index is 12.5. The third-order valence-corrected chi connectivity index (χ3v) is 6.23. The number of carbonyl (C=O) groups is 2. The summed E-state index contributed by atoms with van der Waals surface area (Å²) in [5, 5.41) is 10.5. The van der Waals surface area contributed by atoms with Gasteiger partial charge in [0.2, 0.25) is 11.8 Å². The van der Waals surface area contributed by atoms with Crippen molar-refractivity contribution in [3.63, 3.8) is 0 Å². The van der Waals surface area contributed by atoms with Gasteiger partial charge in [0, 0.05) is 29.4 Å². The average Bonchev–Trinajstić information content (AvgIpc) is 3.35. The molecule has 0 aliphatic heterocycles. The molecule has 1 aliphatic rings. The molecular formula is C28H32N4O4. The average molecular weight is 489 g/mol. The van der Waals surface area contributed by atoms with E-state index in [1.54, 1.807) is 25.0 Å². The third kappa shape index (κ3) is 6.33. The van der Waals surface area contributed by atoms with Crippen LogP contribution in [-0.2, 0) is 9.59 Å². The van der Waals surface area contributed by atoms with Crippen molar-refractivity contribution in [3.05, 3.63) is 66.4 Å². The maximum atomic E-state index is 12.5. The normalized spacial score (nSPS) is 13.9. The Kier molecular flexibility index (Phi) is 8.39. The summed E-state index contributed by atoms with van der Waals surface area (Å²) in [7, 11) is 3.17. The zero-order valence-electron chi connectivity index (χ0n) is 20.7. The zero-order valence-corrected chi connectivity index (χ0v) is 20.7. The van der Waals surface area contributed by atoms with Crippen molar-refractivity contribution in [2.75, 3.05) is 20.8 Å². The Hall–Kier alpha value is -4.07. The summed E-state index contributed by atoms with van der Waals surface area (Å²) in [6.45, 7) is -0.0501. The molecule has 0 bridgehead atoms. The molecule has 0 spiro atoms. The number of nitrogens with one attached hydrogen (secondary N) is 2. The summed E-state index contributed by atoms with van der Waals surface area (Å²) in [6.07, 6.45) is 10.5. The first-order chi connectivity index (χ1) is 17.6. The molecule has 0 saturated heterocycles. The molecule has 1 fully saturated rings. The van der Waals surface area contributed by atoms with Crippen molar-refractivity contribution in [3.8, 4) is 28.4 Å². The smallest absolute Gasteiger partial charge is 0.244 e. The second-order valence-corrected chi connectivity index (χ2v) is 8.74. The van der Waals surface area contributed by atoms with Crippen LogP contribution in [0.25, 0.3) is 23.0 Å². The molecule has 188 valence electrons. The van der Waals surface area contributed by atoms with E-state index in [0.29, 0.717) is 17.2 Å². The predicted molar refractivity (Wildman–Crippen MR) is 139 cm³/mol. The molecular weight excluding hydrogens is 456 g/mol. The fraction of sp³-hybridized carbons (Fsp3) is 0.321. The second-order valence-electron chi connectivity index (χ2n) is 8.74. The van der Waals surface area contributed by atoms with Gasteiger partial charge in [-0.25, -0.2) is 4.68 Å². The molecule has 4 rings (SSSR count). The minimum absolute atomic E-state index is 0.0501. The van der Waals surface area contributed by atoms with Crippen molar-refractivity contribution in [1.82, 2.24) is 20.4 Å². The molecule has 2 N–H and O–H groups in total. The predicted octanol–water partition coefficient (Wildman–Crippen LogP) is 4.13. The Labute approximate surface area is 211 Å². The van der Waals surface area contributed by atoms with Crippen LogP contribution in [0.15, 0.2) is 60.8 Å². The molecule has 2 amide bonds. The summed E-state index contributed by atoms with van der Waals surface area (Å²) in [5.74, 6) is 0.693. The number of benzene rings is 2. The Balaban J connectivity index is 1.51. The Morgan fingerprint density at radius 2 is 1.78 bits per heavy atom. The van der Waals surface area contributed by atoms with Crippen LogP contribution in [0.1, 0.15) is 37.7 Å². The first kappa shape index (κ1) is 25.0. The molecule has 8 nitrogen and oxygen atoms in total. The lowest BCUT2D eigenvalue weighted by molar-refractivity contribution is -0.124. The van der Waals surface area contributed by atoms with Crippen LogP contribution in [0, 0.1) is 0 Å². The van der Waals surface area contributed by atoms with E-state index in [4.69, 9.17) is 14.6 Å². The summed E-state index contributed by atoms with van der Waals surface area (Å²) < 4.78 is 12.6. The van der Waals surface area contributed by atoms with Gasteiger partial charge in [0.05, 0.1) is 26.5 Å². The molecule has 1 aromatic heterocycles. The van der Waals surface area contributed by atoms with Crippen LogP contribution in [0.4, 0.5) is 0 Å². The van der Waals surface area contributed by atoms with E-state index in [1.807, 2.05) is 54.7 Å². The van der Waals surface area contributed by atoms with E-state index in [0.717, 1.165) is 42.5 Å². The van der Waals surface area contributed by atoms with E-state index >= 15 is 0 Å². The van der Waals surface area contributed by atoms with Gasteiger partial charge in [-0.05, 0) is 49.2 Å². The largest absolute Gasteiger partial charge is 0.493 e. The molecule has 0 atom stereocenters. The Morgan fingerprint density at radius 3 is 2.50 bits per heavy atom. The highest BCUT2D eigenvalue weighted by Crippen LogP contribution is 2.33. The SMILES string of the molecule is COc1ccc(-c2nn(-c3ccccc3)cc2/C=C/C(=O)NCC(=O)NC2CCCCC2)cc1OC. The van der Waals surface area contributed by atoms with E-state index in [-0.39, 0.29) is 24.4 Å². The molecule has 1 aliphatic carbocycles. The van der Waals surface area contributed by atoms with Crippen molar-refractivity contribution in [2.45, 2.75) is 38.1 Å². The number of aromatic nitrogens is 2. The van der Waals surface area contributed by atoms with Crippen LogP contribution in [-0.4, -0.2) is 48.4 Å². The number of ether oxygens (including phenoxy) is 2. The minimum atomic E-state index is -0.348. The second kappa shape index (κ2) is 12.1. The van der Waals surface area contributed by atoms with E-state index in [2.05, 4.69) is 10.6 Å². The monoisotopic (exact) mass is 488 g/mol. The number of amides is 2. The zero-order chi connectivity index (χ0) is 25.3. The minimum Gasteiger partial charge on any atom is -0.493 e. The first-order valence-corrected chi connectivity index (χ1v) is 12.2. The highest BCUT2D eigenvalue weighted by molar-refractivity contribution is 5.95. The van der Waals surface area contributed by atoms with Gasteiger partial charge in [-0.1, -0.05) is 37.5 Å². The number of carbonyl (C=O) groups excluding carboxylic acids is 2. The number of nitrogens with zero attached hydrogens (tertiary/aromatic N) is 2. The molecule has 36 heavy (non-hydrogen) atoms. The standard InChI is InChI=1S/C28H32N4O4/c1-35-24-15-13-20(17-25(24)36-2)28-21(19-32(31-28)23-11-7-4-8-12-23)14-16-26(33)29-18-27(34)30-22-9-5-3-6-10-22/h4,7-8,11-17,19,22H,3,5-6,9-10,18H2,1-2H3,(H,29,33)(H,30,34)/b16-14+. The van der Waals surface area contributed by atoms with Gasteiger partial charge in [0.15, 0.2) is 11.5 Å². The fourth-order valence-corrected chi connectivity index (χ4v) is 4.35. The fourth-order valence-electron chi connectivity index (χ4n) is 4.35. The molecule has 2 aromatic carbocycles. The lowest BCUT2D eigenvalue weighted by Crippen LogP contribution is -2.42. The molecule has 3 aromatic rings. The molecule has 8 heteroatoms. The van der Waals surface area contributed by atoms with Crippen LogP contribution in [0.2, 0.25) is 0 Å². The van der Waals surface area contributed by atoms with Gasteiger partial charge >= 0.3 is 0 Å². The van der Waals surface area contributed by atoms with E-state index in [9.17, 15) is 9.59 Å². The summed E-state index contributed by atoms with van der Waals surface area (Å²) in [6, 6.07) is 15.5. The van der Waals surface area contributed by atoms with Crippen molar-refractivity contribution < 1.29 is 19.1 Å². The number of methoxy groups -OCH3 is 2. The number of para-hydroxylation sites is 1. The van der Waals surface area contributed by atoms with Gasteiger partial charge < -0.3 is 20.1 Å². The molecule has 0 radical (unpaired) electrons. The highest BCUT2D eigenvalue weighted by atomic mass is 16.5. The topological polar surface area (TPSA) is 94.5 Å². The van der Waals surface area contributed by atoms with Crippen LogP contribution in [0.5, 0.6) is 11.5 Å². The van der Waals surface area contributed by atoms with Gasteiger partial charge in [0.1, 0.15) is 5.69 Å². The van der Waals surface area contributed by atoms with E-state index < -0.39 is 0 Å². The first-order valence-electron chi connectivity index (χ1n) is 12.2. The quantitative estimate of drug-likeness (QED) is 0.442. The van der Waals surface area contributed by atoms with E-state index in [1.165, 1.54) is 12.5 Å². The van der Waals surface area contributed by atoms with Gasteiger partial charge in [0.25, 0.3) is 0 Å². The van der Waals surface area contributed by atoms with Gasteiger partial charge in [-0.2, -0.15) is 5.10 Å². The van der Waals surface area contributed by atoms with Crippen LogP contribution in [0.3, 0.4) is 0 Å². The van der Waals surface area contributed by atoms with Crippen LogP contribution >= 0.6 is 0 Å². The number of rotatable bonds is 9. The van der Waals surface area contributed by atoms with Gasteiger partial charge in [-0.15, -0.1) is 0 Å². The molecule has 0 unspecified atom stereocenters. The highest BCUT2D eigenvalue weighted by Gasteiger charge is 2.16. The summed E-state index contributed by atoms with van der Waals surface area (Å²) in [4.78, 5) is 24.7. The van der Waals surface area contributed by atoms with Crippen LogP contribution < -0.4 is 20.1 Å². The lowest BCUT2D eigenvalue weighted by Gasteiger charge is -2.22. The third-order valence-electron chi connectivity index (χ3n) is 6.23. The Morgan fingerprint density at radius 1 is 1.03 bits per heavy atom. The Bertz CT molecular complexity index is 1210. The molecule has 1 saturated carbocycles. The maximum Gasteiger partial charge on any atom is 0.244 e. The van der Waals surface area contributed by atoms with Crippen molar-refractivity contribution in [1.29, 1.82) is 0 Å². The number of hydrogen-bond acceptors (Lipinski definition) is 5. The summed E-state index contributed by atoms with van der Waals surface area (Å²) in [5.41, 5.74) is 3.13.